The van der Waals surface area contributed by atoms with Crippen LogP contribution in [0.4, 0.5) is 5.69 Å². The van der Waals surface area contributed by atoms with Gasteiger partial charge in [0.1, 0.15) is 5.76 Å². The molecule has 27 heavy (non-hydrogen) atoms. The van der Waals surface area contributed by atoms with Gasteiger partial charge in [-0.05, 0) is 30.3 Å². The summed E-state index contributed by atoms with van der Waals surface area (Å²) >= 11 is 0. The molecule has 6 heteroatoms. The normalized spacial score (nSPS) is 15.6. The van der Waals surface area contributed by atoms with E-state index in [1.54, 1.807) is 24.5 Å². The van der Waals surface area contributed by atoms with Gasteiger partial charge in [0.2, 0.25) is 5.91 Å². The van der Waals surface area contributed by atoms with E-state index in [1.807, 2.05) is 43.9 Å². The highest BCUT2D eigenvalue weighted by molar-refractivity contribution is 5.98. The molecule has 1 N–H and O–H groups in total. The van der Waals surface area contributed by atoms with Crippen molar-refractivity contribution in [2.24, 2.45) is 5.41 Å². The predicted octanol–water partition coefficient (Wildman–Crippen LogP) is 3.22. The zero-order chi connectivity index (χ0) is 19.4. The molecule has 0 bridgehead atoms. The van der Waals surface area contributed by atoms with Crippen molar-refractivity contribution >= 4 is 17.5 Å². The number of hydrogen-bond acceptors (Lipinski definition) is 4. The van der Waals surface area contributed by atoms with Gasteiger partial charge < -0.3 is 14.6 Å². The highest BCUT2D eigenvalue weighted by atomic mass is 16.3. The Balaban J connectivity index is 1.58. The maximum absolute atomic E-state index is 12.8. The number of hydrogen-bond donors (Lipinski definition) is 1. The molecule has 3 rings (SSSR count). The Labute approximate surface area is 160 Å². The lowest BCUT2D eigenvalue weighted by molar-refractivity contribution is -0.123. The van der Waals surface area contributed by atoms with Crippen LogP contribution in [0.25, 0.3) is 0 Å². The summed E-state index contributed by atoms with van der Waals surface area (Å²) in [7, 11) is 0. The molecule has 1 saturated heterocycles. The maximum Gasteiger partial charge on any atom is 0.254 e. The monoisotopic (exact) mass is 369 g/mol. The SMILES string of the molecule is CC(C)(C)C(=O)Nc1cccc(C(=O)N2CCN(Cc3ccco3)CC2)c1. The van der Waals surface area contributed by atoms with Gasteiger partial charge in [0.15, 0.2) is 0 Å². The summed E-state index contributed by atoms with van der Waals surface area (Å²) in [6, 6.07) is 11.0. The van der Waals surface area contributed by atoms with Crippen molar-refractivity contribution in [2.45, 2.75) is 27.3 Å². The summed E-state index contributed by atoms with van der Waals surface area (Å²) in [5.74, 6) is 0.871. The molecule has 1 aliphatic heterocycles. The van der Waals surface area contributed by atoms with Gasteiger partial charge in [-0.2, -0.15) is 0 Å². The lowest BCUT2D eigenvalue weighted by Gasteiger charge is -2.34. The second kappa shape index (κ2) is 7.96. The van der Waals surface area contributed by atoms with Crippen LogP contribution in [-0.2, 0) is 11.3 Å². The van der Waals surface area contributed by atoms with E-state index in [2.05, 4.69) is 10.2 Å². The molecular weight excluding hydrogens is 342 g/mol. The number of nitrogens with one attached hydrogen (secondary N) is 1. The molecule has 144 valence electrons. The minimum absolute atomic E-state index is 0.000457. The fraction of sp³-hybridized carbons (Fsp3) is 0.429. The van der Waals surface area contributed by atoms with Crippen LogP contribution in [0.2, 0.25) is 0 Å². The minimum Gasteiger partial charge on any atom is -0.468 e. The van der Waals surface area contributed by atoms with Gasteiger partial charge in [-0.25, -0.2) is 0 Å². The van der Waals surface area contributed by atoms with Crippen LogP contribution < -0.4 is 5.32 Å². The second-order valence-electron chi connectivity index (χ2n) is 7.93. The van der Waals surface area contributed by atoms with Crippen molar-refractivity contribution in [3.05, 3.63) is 54.0 Å². The van der Waals surface area contributed by atoms with Crippen molar-refractivity contribution in [1.82, 2.24) is 9.80 Å². The summed E-state index contributed by atoms with van der Waals surface area (Å²) in [5.41, 5.74) is 0.767. The van der Waals surface area contributed by atoms with Gasteiger partial charge in [-0.15, -0.1) is 0 Å². The Hall–Kier alpha value is -2.60. The summed E-state index contributed by atoms with van der Waals surface area (Å²) in [5, 5.41) is 2.88. The molecule has 0 aliphatic carbocycles. The second-order valence-corrected chi connectivity index (χ2v) is 7.93. The fourth-order valence-electron chi connectivity index (χ4n) is 2.96. The van der Waals surface area contributed by atoms with Crippen LogP contribution in [-0.4, -0.2) is 47.8 Å². The number of anilines is 1. The summed E-state index contributed by atoms with van der Waals surface area (Å²) in [6.07, 6.45) is 1.68. The minimum atomic E-state index is -0.482. The Kier molecular flexibility index (Phi) is 5.65. The standard InChI is InChI=1S/C21H27N3O3/c1-21(2,3)20(26)22-17-7-4-6-16(14-17)19(25)24-11-9-23(10-12-24)15-18-8-5-13-27-18/h4-8,13-14H,9-12,15H2,1-3H3,(H,22,26). The molecule has 2 heterocycles. The first kappa shape index (κ1) is 19.2. The number of furan rings is 1. The Morgan fingerprint density at radius 1 is 1.07 bits per heavy atom. The molecule has 6 nitrogen and oxygen atoms in total. The van der Waals surface area contributed by atoms with E-state index in [4.69, 9.17) is 4.42 Å². The molecule has 1 fully saturated rings. The quantitative estimate of drug-likeness (QED) is 0.899. The average Bonchev–Trinajstić information content (AvgIpc) is 3.14. The van der Waals surface area contributed by atoms with Crippen LogP contribution in [0.1, 0.15) is 36.9 Å². The number of amides is 2. The molecular formula is C21H27N3O3. The van der Waals surface area contributed by atoms with Crippen molar-refractivity contribution < 1.29 is 14.0 Å². The zero-order valence-electron chi connectivity index (χ0n) is 16.2. The Morgan fingerprint density at radius 3 is 2.44 bits per heavy atom. The summed E-state index contributed by atoms with van der Waals surface area (Å²) in [4.78, 5) is 29.1. The van der Waals surface area contributed by atoms with Crippen LogP contribution in [0, 0.1) is 5.41 Å². The van der Waals surface area contributed by atoms with Crippen LogP contribution in [0.3, 0.4) is 0 Å². The smallest absolute Gasteiger partial charge is 0.254 e. The highest BCUT2D eigenvalue weighted by Gasteiger charge is 2.24. The van der Waals surface area contributed by atoms with Crippen LogP contribution in [0.15, 0.2) is 47.1 Å². The van der Waals surface area contributed by atoms with E-state index in [0.29, 0.717) is 24.3 Å². The molecule has 1 aliphatic rings. The molecule has 1 aromatic carbocycles. The average molecular weight is 369 g/mol. The van der Waals surface area contributed by atoms with Gasteiger partial charge in [0.05, 0.1) is 12.8 Å². The lowest BCUT2D eigenvalue weighted by atomic mass is 9.95. The van der Waals surface area contributed by atoms with E-state index in [-0.39, 0.29) is 11.8 Å². The van der Waals surface area contributed by atoms with E-state index in [0.717, 1.165) is 25.4 Å². The van der Waals surface area contributed by atoms with Gasteiger partial charge in [-0.1, -0.05) is 26.8 Å². The molecule has 0 unspecified atom stereocenters. The highest BCUT2D eigenvalue weighted by Crippen LogP contribution is 2.19. The van der Waals surface area contributed by atoms with Crippen molar-refractivity contribution in [3.63, 3.8) is 0 Å². The molecule has 0 atom stereocenters. The first-order valence-corrected chi connectivity index (χ1v) is 9.28. The first-order chi connectivity index (χ1) is 12.8. The molecule has 2 aromatic rings. The van der Waals surface area contributed by atoms with E-state index < -0.39 is 5.41 Å². The van der Waals surface area contributed by atoms with Crippen molar-refractivity contribution in [1.29, 1.82) is 0 Å². The number of carbonyl (C=O) groups is 2. The lowest BCUT2D eigenvalue weighted by Crippen LogP contribution is -2.48. The van der Waals surface area contributed by atoms with Gasteiger partial charge in [0.25, 0.3) is 5.91 Å². The number of carbonyl (C=O) groups excluding carboxylic acids is 2. The molecule has 0 radical (unpaired) electrons. The topological polar surface area (TPSA) is 65.8 Å². The summed E-state index contributed by atoms with van der Waals surface area (Å²) in [6.45, 7) is 9.33. The molecule has 0 spiro atoms. The van der Waals surface area contributed by atoms with Crippen LogP contribution in [0.5, 0.6) is 0 Å². The van der Waals surface area contributed by atoms with E-state index >= 15 is 0 Å². The fourth-order valence-corrected chi connectivity index (χ4v) is 2.96. The number of benzene rings is 1. The summed E-state index contributed by atoms with van der Waals surface area (Å²) < 4.78 is 5.39. The van der Waals surface area contributed by atoms with Gasteiger partial charge in [-0.3, -0.25) is 14.5 Å². The Bertz CT molecular complexity index is 785. The third-order valence-corrected chi connectivity index (χ3v) is 4.67. The molecule has 1 aromatic heterocycles. The van der Waals surface area contributed by atoms with Gasteiger partial charge >= 0.3 is 0 Å². The zero-order valence-corrected chi connectivity index (χ0v) is 16.2. The van der Waals surface area contributed by atoms with E-state index in [1.165, 1.54) is 0 Å². The molecule has 0 saturated carbocycles. The number of nitrogens with zero attached hydrogens (tertiary/aromatic N) is 2. The predicted molar refractivity (Wildman–Crippen MR) is 104 cm³/mol. The number of piperazine rings is 1. The maximum atomic E-state index is 12.8. The third-order valence-electron chi connectivity index (χ3n) is 4.67. The van der Waals surface area contributed by atoms with Crippen LogP contribution >= 0.6 is 0 Å². The third kappa shape index (κ3) is 4.98. The first-order valence-electron chi connectivity index (χ1n) is 9.28. The van der Waals surface area contributed by atoms with E-state index in [9.17, 15) is 9.59 Å². The van der Waals surface area contributed by atoms with Crippen molar-refractivity contribution in [3.8, 4) is 0 Å². The largest absolute Gasteiger partial charge is 0.468 e. The van der Waals surface area contributed by atoms with Gasteiger partial charge in [0, 0.05) is 42.8 Å². The van der Waals surface area contributed by atoms with Crippen molar-refractivity contribution in [2.75, 3.05) is 31.5 Å². The number of rotatable bonds is 4. The molecule has 2 amide bonds. The Morgan fingerprint density at radius 2 is 1.81 bits per heavy atom.